The zero-order valence-corrected chi connectivity index (χ0v) is 14.5. The Morgan fingerprint density at radius 1 is 1.39 bits per heavy atom. The number of benzene rings is 1. The third-order valence-electron chi connectivity index (χ3n) is 4.02. The average molecular weight is 349 g/mol. The lowest BCUT2D eigenvalue weighted by molar-refractivity contribution is 0.199. The minimum absolute atomic E-state index is 0.126. The van der Waals surface area contributed by atoms with Crippen LogP contribution in [0.5, 0.6) is 0 Å². The fraction of sp³-hybridized carbons (Fsp3) is 0.375. The lowest BCUT2D eigenvalue weighted by atomic mass is 10.1. The molecule has 1 aliphatic rings. The molecule has 0 bridgehead atoms. The number of hydrogen-bond acceptors (Lipinski definition) is 4. The van der Waals surface area contributed by atoms with Gasteiger partial charge in [-0.15, -0.1) is 11.3 Å². The van der Waals surface area contributed by atoms with Crippen LogP contribution in [-0.2, 0) is 10.8 Å². The Bertz CT molecular complexity index is 693. The Kier molecular flexibility index (Phi) is 5.07. The first-order valence-corrected chi connectivity index (χ1v) is 9.89. The zero-order valence-electron chi connectivity index (χ0n) is 12.9. The number of carbonyl (C=O) groups excluding carboxylic acids is 1. The average Bonchev–Trinajstić information content (AvgIpc) is 3.10. The Morgan fingerprint density at radius 3 is 2.87 bits per heavy atom. The van der Waals surface area contributed by atoms with Crippen LogP contribution in [0.3, 0.4) is 0 Å². The van der Waals surface area contributed by atoms with E-state index in [0.717, 1.165) is 29.1 Å². The number of amides is 2. The number of anilines is 1. The highest BCUT2D eigenvalue weighted by Crippen LogP contribution is 2.25. The largest absolute Gasteiger partial charge is 0.325 e. The van der Waals surface area contributed by atoms with Gasteiger partial charge in [-0.1, -0.05) is 12.1 Å². The normalized spacial score (nSPS) is 20.9. The predicted molar refractivity (Wildman–Crippen MR) is 95.2 cm³/mol. The monoisotopic (exact) mass is 349 g/mol. The molecule has 1 saturated heterocycles. The van der Waals surface area contributed by atoms with Crippen molar-refractivity contribution in [2.45, 2.75) is 18.9 Å². The first-order valence-electron chi connectivity index (χ1n) is 7.52. The molecule has 0 radical (unpaired) electrons. The number of nitrogens with one attached hydrogen (secondary N) is 1. The van der Waals surface area contributed by atoms with Crippen molar-refractivity contribution in [2.75, 3.05) is 23.9 Å². The summed E-state index contributed by atoms with van der Waals surface area (Å²) in [5, 5.41) is 5.81. The fourth-order valence-electron chi connectivity index (χ4n) is 2.64. The van der Waals surface area contributed by atoms with E-state index >= 15 is 0 Å². The van der Waals surface area contributed by atoms with Crippen molar-refractivity contribution in [3.05, 3.63) is 35.8 Å². The van der Waals surface area contributed by atoms with Crippen LogP contribution >= 0.6 is 11.3 Å². The maximum atomic E-state index is 12.4. The van der Waals surface area contributed by atoms with Gasteiger partial charge in [-0.25, -0.2) is 9.78 Å². The predicted octanol–water partition coefficient (Wildman–Crippen LogP) is 3.18. The van der Waals surface area contributed by atoms with Crippen molar-refractivity contribution in [3.8, 4) is 10.6 Å². The first kappa shape index (κ1) is 16.1. The summed E-state index contributed by atoms with van der Waals surface area (Å²) >= 11 is 1.57. The Balaban J connectivity index is 1.65. The van der Waals surface area contributed by atoms with E-state index in [0.29, 0.717) is 11.5 Å². The van der Waals surface area contributed by atoms with Crippen LogP contribution in [0.2, 0.25) is 0 Å². The van der Waals surface area contributed by atoms with Crippen LogP contribution in [0.1, 0.15) is 12.8 Å². The van der Waals surface area contributed by atoms with E-state index in [9.17, 15) is 9.00 Å². The second-order valence-corrected chi connectivity index (χ2v) is 8.13. The molecule has 0 atom stereocenters. The van der Waals surface area contributed by atoms with E-state index in [1.54, 1.807) is 29.5 Å². The molecule has 0 unspecified atom stereocenters. The van der Waals surface area contributed by atoms with Gasteiger partial charge in [0.15, 0.2) is 0 Å². The molecule has 23 heavy (non-hydrogen) atoms. The van der Waals surface area contributed by atoms with Gasteiger partial charge >= 0.3 is 6.03 Å². The molecule has 7 heteroatoms. The molecule has 5 nitrogen and oxygen atoms in total. The summed E-state index contributed by atoms with van der Waals surface area (Å²) < 4.78 is 11.4. The Hall–Kier alpha value is -1.73. The molecular formula is C16H19N3O2S2. The Labute approximate surface area is 142 Å². The van der Waals surface area contributed by atoms with Crippen molar-refractivity contribution in [2.24, 2.45) is 0 Å². The molecule has 1 aromatic carbocycles. The minimum atomic E-state index is -0.713. The third-order valence-corrected chi connectivity index (χ3v) is 6.22. The van der Waals surface area contributed by atoms with Gasteiger partial charge in [-0.2, -0.15) is 0 Å². The summed E-state index contributed by atoms with van der Waals surface area (Å²) in [5.41, 5.74) is 1.75. The fourth-order valence-corrected chi connectivity index (χ4v) is 4.55. The smallest absolute Gasteiger partial charge is 0.321 e. The summed E-state index contributed by atoms with van der Waals surface area (Å²) in [4.78, 5) is 18.4. The highest BCUT2D eigenvalue weighted by atomic mass is 32.2. The maximum Gasteiger partial charge on any atom is 0.321 e. The van der Waals surface area contributed by atoms with Crippen LogP contribution in [0.4, 0.5) is 10.5 Å². The molecule has 1 fully saturated rings. The molecule has 1 N–H and O–H groups in total. The van der Waals surface area contributed by atoms with Crippen molar-refractivity contribution in [1.29, 1.82) is 0 Å². The first-order chi connectivity index (χ1) is 11.1. The SMILES string of the molecule is CN(C(=O)Nc1cccc(-c2nccs2)c1)C1CCS(=O)CC1. The molecular weight excluding hydrogens is 330 g/mol. The zero-order chi connectivity index (χ0) is 16.2. The highest BCUT2D eigenvalue weighted by molar-refractivity contribution is 7.85. The van der Waals surface area contributed by atoms with Crippen LogP contribution in [0, 0.1) is 0 Å². The molecule has 3 rings (SSSR count). The van der Waals surface area contributed by atoms with Gasteiger partial charge in [-0.3, -0.25) is 4.21 Å². The molecule has 2 heterocycles. The molecule has 2 amide bonds. The molecule has 122 valence electrons. The number of nitrogens with zero attached hydrogens (tertiary/aromatic N) is 2. The molecule has 2 aromatic rings. The van der Waals surface area contributed by atoms with E-state index in [1.807, 2.05) is 29.6 Å². The quantitative estimate of drug-likeness (QED) is 0.926. The van der Waals surface area contributed by atoms with Crippen LogP contribution < -0.4 is 5.32 Å². The standard InChI is InChI=1S/C16H19N3O2S2/c1-19(14-5-9-23(21)10-6-14)16(20)18-13-4-2-3-12(11-13)15-17-7-8-22-15/h2-4,7-8,11,14H,5-6,9-10H2,1H3,(H,18,20). The van der Waals surface area contributed by atoms with Gasteiger partial charge in [0, 0.05) is 58.2 Å². The third kappa shape index (κ3) is 3.97. The molecule has 0 aliphatic carbocycles. The summed E-state index contributed by atoms with van der Waals surface area (Å²) in [6.07, 6.45) is 3.37. The summed E-state index contributed by atoms with van der Waals surface area (Å²) in [6, 6.07) is 7.73. The number of hydrogen-bond donors (Lipinski definition) is 1. The van der Waals surface area contributed by atoms with Crippen LogP contribution in [-0.4, -0.2) is 44.7 Å². The Morgan fingerprint density at radius 2 is 2.17 bits per heavy atom. The summed E-state index contributed by atoms with van der Waals surface area (Å²) in [7, 11) is 1.09. The summed E-state index contributed by atoms with van der Waals surface area (Å²) in [6.45, 7) is 0. The topological polar surface area (TPSA) is 62.3 Å². The molecule has 0 saturated carbocycles. The van der Waals surface area contributed by atoms with Crippen molar-refractivity contribution in [3.63, 3.8) is 0 Å². The van der Waals surface area contributed by atoms with Gasteiger partial charge in [0.25, 0.3) is 0 Å². The number of carbonyl (C=O) groups is 1. The maximum absolute atomic E-state index is 12.4. The van der Waals surface area contributed by atoms with Gasteiger partial charge in [0.1, 0.15) is 5.01 Å². The van der Waals surface area contributed by atoms with Gasteiger partial charge < -0.3 is 10.2 Å². The van der Waals surface area contributed by atoms with Crippen LogP contribution in [0.25, 0.3) is 10.6 Å². The minimum Gasteiger partial charge on any atom is -0.325 e. The van der Waals surface area contributed by atoms with E-state index in [-0.39, 0.29) is 12.1 Å². The van der Waals surface area contributed by atoms with Gasteiger partial charge in [0.2, 0.25) is 0 Å². The second kappa shape index (κ2) is 7.23. The van der Waals surface area contributed by atoms with Crippen molar-refractivity contribution < 1.29 is 9.00 Å². The van der Waals surface area contributed by atoms with Crippen LogP contribution in [0.15, 0.2) is 35.8 Å². The highest BCUT2D eigenvalue weighted by Gasteiger charge is 2.24. The van der Waals surface area contributed by atoms with E-state index in [4.69, 9.17) is 0 Å². The number of urea groups is 1. The molecule has 1 aliphatic heterocycles. The van der Waals surface area contributed by atoms with E-state index < -0.39 is 10.8 Å². The number of aromatic nitrogens is 1. The van der Waals surface area contributed by atoms with Crippen molar-refractivity contribution in [1.82, 2.24) is 9.88 Å². The van der Waals surface area contributed by atoms with Gasteiger partial charge in [-0.05, 0) is 25.0 Å². The lowest BCUT2D eigenvalue weighted by Crippen LogP contribution is -2.43. The molecule has 1 aromatic heterocycles. The number of rotatable bonds is 3. The van der Waals surface area contributed by atoms with Gasteiger partial charge in [0.05, 0.1) is 0 Å². The molecule has 0 spiro atoms. The number of thiazole rings is 1. The second-order valence-electron chi connectivity index (χ2n) is 5.54. The lowest BCUT2D eigenvalue weighted by Gasteiger charge is -2.31. The van der Waals surface area contributed by atoms with E-state index in [1.165, 1.54) is 0 Å². The van der Waals surface area contributed by atoms with Crippen molar-refractivity contribution >= 4 is 33.9 Å². The van der Waals surface area contributed by atoms with E-state index in [2.05, 4.69) is 10.3 Å². The summed E-state index contributed by atoms with van der Waals surface area (Å²) in [5.74, 6) is 1.36.